The summed E-state index contributed by atoms with van der Waals surface area (Å²) in [5.41, 5.74) is 1.39. The number of furan rings is 1. The van der Waals surface area contributed by atoms with Crippen LogP contribution in [-0.2, 0) is 0 Å². The van der Waals surface area contributed by atoms with Gasteiger partial charge in [0, 0.05) is 12.4 Å². The van der Waals surface area contributed by atoms with Crippen molar-refractivity contribution < 1.29 is 4.42 Å². The van der Waals surface area contributed by atoms with Crippen molar-refractivity contribution in [3.8, 4) is 11.4 Å². The van der Waals surface area contributed by atoms with Crippen LogP contribution in [0.25, 0.3) is 17.0 Å². The van der Waals surface area contributed by atoms with Gasteiger partial charge in [0.15, 0.2) is 16.6 Å². The van der Waals surface area contributed by atoms with E-state index in [0.29, 0.717) is 16.6 Å². The summed E-state index contributed by atoms with van der Waals surface area (Å²) in [6.45, 7) is 0. The number of halogens is 1. The van der Waals surface area contributed by atoms with Gasteiger partial charge in [-0.3, -0.25) is 4.40 Å². The molecule has 0 spiro atoms. The molecule has 0 unspecified atom stereocenters. The van der Waals surface area contributed by atoms with Crippen molar-refractivity contribution in [3.63, 3.8) is 0 Å². The minimum atomic E-state index is 0.333. The molecule has 3 aromatic rings. The maximum Gasteiger partial charge on any atom is 0.198 e. The lowest BCUT2D eigenvalue weighted by Gasteiger charge is -1.95. The Morgan fingerprint density at radius 3 is 3.07 bits per heavy atom. The topological polar surface area (TPSA) is 56.2 Å². The summed E-state index contributed by atoms with van der Waals surface area (Å²) in [7, 11) is 0. The zero-order valence-electron chi connectivity index (χ0n) is 7.46. The van der Waals surface area contributed by atoms with E-state index in [4.69, 9.17) is 16.0 Å². The van der Waals surface area contributed by atoms with Crippen LogP contribution >= 0.6 is 11.6 Å². The quantitative estimate of drug-likeness (QED) is 0.630. The summed E-state index contributed by atoms with van der Waals surface area (Å²) in [6.07, 6.45) is 6.54. The average molecular weight is 221 g/mol. The summed E-state index contributed by atoms with van der Waals surface area (Å²) in [6, 6.07) is 1.81. The molecule has 74 valence electrons. The highest BCUT2D eigenvalue weighted by Crippen LogP contribution is 2.20. The minimum Gasteiger partial charge on any atom is -0.472 e. The van der Waals surface area contributed by atoms with Gasteiger partial charge in [0.1, 0.15) is 6.26 Å². The molecule has 0 saturated heterocycles. The molecule has 3 rings (SSSR count). The molecule has 0 aromatic carbocycles. The third kappa shape index (κ3) is 1.20. The Bertz CT molecular complexity index is 602. The van der Waals surface area contributed by atoms with Gasteiger partial charge in [-0.25, -0.2) is 4.98 Å². The highest BCUT2D eigenvalue weighted by Gasteiger charge is 2.10. The van der Waals surface area contributed by atoms with Crippen molar-refractivity contribution in [1.29, 1.82) is 0 Å². The van der Waals surface area contributed by atoms with E-state index in [2.05, 4.69) is 15.2 Å². The van der Waals surface area contributed by atoms with Crippen LogP contribution in [0.5, 0.6) is 0 Å². The number of aromatic nitrogens is 4. The van der Waals surface area contributed by atoms with Gasteiger partial charge in [0.25, 0.3) is 0 Å². The van der Waals surface area contributed by atoms with Crippen LogP contribution in [0.2, 0.25) is 5.15 Å². The molecule has 0 aliphatic heterocycles. The lowest BCUT2D eigenvalue weighted by molar-refractivity contribution is 0.568. The molecule has 15 heavy (non-hydrogen) atoms. The smallest absolute Gasteiger partial charge is 0.198 e. The first kappa shape index (κ1) is 8.43. The SMILES string of the molecule is Clc1nccn2c(-c3ccoc3)nnc12. The van der Waals surface area contributed by atoms with Crippen molar-refractivity contribution in [2.75, 3.05) is 0 Å². The molecule has 0 fully saturated rings. The Labute approximate surface area is 89.3 Å². The highest BCUT2D eigenvalue weighted by atomic mass is 35.5. The molecular weight excluding hydrogens is 216 g/mol. The first-order valence-corrected chi connectivity index (χ1v) is 4.62. The molecule has 5 nitrogen and oxygen atoms in total. The van der Waals surface area contributed by atoms with Gasteiger partial charge in [0.05, 0.1) is 11.8 Å². The molecule has 0 aliphatic carbocycles. The van der Waals surface area contributed by atoms with Crippen LogP contribution in [0.4, 0.5) is 0 Å². The summed E-state index contributed by atoms with van der Waals surface area (Å²) in [4.78, 5) is 3.92. The van der Waals surface area contributed by atoms with Crippen molar-refractivity contribution in [1.82, 2.24) is 19.6 Å². The van der Waals surface area contributed by atoms with E-state index in [-0.39, 0.29) is 0 Å². The van der Waals surface area contributed by atoms with Crippen LogP contribution in [0.15, 0.2) is 35.4 Å². The fourth-order valence-electron chi connectivity index (χ4n) is 1.38. The lowest BCUT2D eigenvalue weighted by atomic mass is 10.3. The number of hydrogen-bond donors (Lipinski definition) is 0. The van der Waals surface area contributed by atoms with Gasteiger partial charge < -0.3 is 4.42 Å². The second-order valence-electron chi connectivity index (χ2n) is 2.95. The molecule has 0 amide bonds. The third-order valence-corrected chi connectivity index (χ3v) is 2.33. The largest absolute Gasteiger partial charge is 0.472 e. The molecule has 0 bridgehead atoms. The Kier molecular flexibility index (Phi) is 1.72. The maximum atomic E-state index is 5.87. The Morgan fingerprint density at radius 2 is 2.27 bits per heavy atom. The Morgan fingerprint density at radius 1 is 1.33 bits per heavy atom. The second kappa shape index (κ2) is 3.06. The fourth-order valence-corrected chi connectivity index (χ4v) is 1.57. The van der Waals surface area contributed by atoms with E-state index >= 15 is 0 Å². The first-order chi connectivity index (χ1) is 7.36. The second-order valence-corrected chi connectivity index (χ2v) is 3.31. The Balaban J connectivity index is 2.34. The van der Waals surface area contributed by atoms with Crippen LogP contribution in [-0.4, -0.2) is 19.6 Å². The first-order valence-electron chi connectivity index (χ1n) is 4.24. The molecule has 0 radical (unpaired) electrons. The van der Waals surface area contributed by atoms with Crippen LogP contribution in [0.1, 0.15) is 0 Å². The van der Waals surface area contributed by atoms with E-state index in [1.807, 2.05) is 6.07 Å². The van der Waals surface area contributed by atoms with E-state index in [1.165, 1.54) is 0 Å². The van der Waals surface area contributed by atoms with E-state index < -0.39 is 0 Å². The summed E-state index contributed by atoms with van der Waals surface area (Å²) in [5, 5.41) is 8.31. The van der Waals surface area contributed by atoms with Crippen molar-refractivity contribution in [2.24, 2.45) is 0 Å². The van der Waals surface area contributed by atoms with Gasteiger partial charge in [0.2, 0.25) is 0 Å². The zero-order chi connectivity index (χ0) is 10.3. The number of hydrogen-bond acceptors (Lipinski definition) is 4. The van der Waals surface area contributed by atoms with Crippen LogP contribution in [0.3, 0.4) is 0 Å². The summed E-state index contributed by atoms with van der Waals surface area (Å²) >= 11 is 5.87. The molecule has 3 heterocycles. The van der Waals surface area contributed by atoms with E-state index in [9.17, 15) is 0 Å². The normalized spacial score (nSPS) is 11.0. The number of fused-ring (bicyclic) bond motifs is 1. The Hall–Kier alpha value is -1.88. The van der Waals surface area contributed by atoms with Crippen LogP contribution in [0, 0.1) is 0 Å². The molecule has 0 saturated carbocycles. The van der Waals surface area contributed by atoms with E-state index in [1.54, 1.807) is 29.3 Å². The average Bonchev–Trinajstić information content (AvgIpc) is 2.85. The van der Waals surface area contributed by atoms with Crippen molar-refractivity contribution in [3.05, 3.63) is 36.1 Å². The standard InChI is InChI=1S/C9H5ClN4O/c10-7-9-13-12-8(6-1-4-15-5-6)14(9)3-2-11-7/h1-5H. The molecular formula is C9H5ClN4O. The van der Waals surface area contributed by atoms with Gasteiger partial charge in [-0.05, 0) is 6.07 Å². The molecule has 6 heteroatoms. The highest BCUT2D eigenvalue weighted by molar-refractivity contribution is 6.32. The molecule has 0 N–H and O–H groups in total. The van der Waals surface area contributed by atoms with Crippen molar-refractivity contribution >= 4 is 17.2 Å². The van der Waals surface area contributed by atoms with Crippen molar-refractivity contribution in [2.45, 2.75) is 0 Å². The zero-order valence-corrected chi connectivity index (χ0v) is 8.22. The predicted octanol–water partition coefficient (Wildman–Crippen LogP) is 2.04. The minimum absolute atomic E-state index is 0.333. The summed E-state index contributed by atoms with van der Waals surface area (Å²) in [5.74, 6) is 0.683. The monoisotopic (exact) mass is 220 g/mol. The van der Waals surface area contributed by atoms with Crippen LogP contribution < -0.4 is 0 Å². The lowest BCUT2D eigenvalue weighted by Crippen LogP contribution is -1.89. The van der Waals surface area contributed by atoms with Gasteiger partial charge >= 0.3 is 0 Å². The molecule has 3 aromatic heterocycles. The fraction of sp³-hybridized carbons (Fsp3) is 0. The van der Waals surface area contributed by atoms with Gasteiger partial charge in [-0.2, -0.15) is 0 Å². The van der Waals surface area contributed by atoms with Gasteiger partial charge in [-0.15, -0.1) is 10.2 Å². The number of rotatable bonds is 1. The van der Waals surface area contributed by atoms with E-state index in [0.717, 1.165) is 5.56 Å². The number of nitrogens with zero attached hydrogens (tertiary/aromatic N) is 4. The third-order valence-electron chi connectivity index (χ3n) is 2.06. The predicted molar refractivity (Wildman–Crippen MR) is 53.5 cm³/mol. The van der Waals surface area contributed by atoms with Gasteiger partial charge in [-0.1, -0.05) is 11.6 Å². The molecule has 0 atom stereocenters. The maximum absolute atomic E-state index is 5.87. The summed E-state index contributed by atoms with van der Waals surface area (Å²) < 4.78 is 6.75. The molecule has 0 aliphatic rings.